The monoisotopic (exact) mass is 160 g/mol. The molecule has 0 aromatic carbocycles. The van der Waals surface area contributed by atoms with E-state index in [1.807, 2.05) is 13.8 Å². The van der Waals surface area contributed by atoms with Crippen molar-refractivity contribution < 1.29 is 9.90 Å². The molecule has 0 aromatic rings. The normalized spacial score (nSPS) is 15.6. The average molecular weight is 160 g/mol. The molecule has 0 aliphatic rings. The van der Waals surface area contributed by atoms with Gasteiger partial charge in [0.05, 0.1) is 6.54 Å². The van der Waals surface area contributed by atoms with Crippen LogP contribution in [-0.2, 0) is 4.79 Å². The molecule has 4 N–H and O–H groups in total. The number of rotatable bonds is 4. The molecule has 0 bridgehead atoms. The summed E-state index contributed by atoms with van der Waals surface area (Å²) in [5, 5.41) is 11.4. The Bertz CT molecular complexity index is 128. The van der Waals surface area contributed by atoms with Crippen LogP contribution in [-0.4, -0.2) is 30.2 Å². The van der Waals surface area contributed by atoms with Crippen LogP contribution in [0, 0.1) is 5.92 Å². The van der Waals surface area contributed by atoms with Gasteiger partial charge < -0.3 is 16.2 Å². The van der Waals surface area contributed by atoms with E-state index in [-0.39, 0.29) is 31.0 Å². The zero-order valence-electron chi connectivity index (χ0n) is 7.00. The van der Waals surface area contributed by atoms with Gasteiger partial charge in [0, 0.05) is 12.6 Å². The summed E-state index contributed by atoms with van der Waals surface area (Å²) >= 11 is 0. The summed E-state index contributed by atoms with van der Waals surface area (Å²) in [6, 6.07) is -0.0175. The summed E-state index contributed by atoms with van der Waals surface area (Å²) in [6.45, 7) is 3.78. The number of aliphatic hydroxyl groups excluding tert-OH is 1. The van der Waals surface area contributed by atoms with Gasteiger partial charge in [-0.15, -0.1) is 0 Å². The van der Waals surface area contributed by atoms with Crippen molar-refractivity contribution in [3.05, 3.63) is 0 Å². The Morgan fingerprint density at radius 3 is 2.55 bits per heavy atom. The smallest absolute Gasteiger partial charge is 0.233 e. The number of amides is 1. The minimum atomic E-state index is -0.183. The first-order chi connectivity index (χ1) is 5.11. The molecule has 0 fully saturated rings. The summed E-state index contributed by atoms with van der Waals surface area (Å²) in [5.74, 6) is -0.108. The van der Waals surface area contributed by atoms with E-state index < -0.39 is 0 Å². The first-order valence-corrected chi connectivity index (χ1v) is 3.72. The van der Waals surface area contributed by atoms with Crippen molar-refractivity contribution in [2.45, 2.75) is 19.9 Å². The Kier molecular flexibility index (Phi) is 4.81. The molecule has 0 radical (unpaired) electrons. The lowest BCUT2D eigenvalue weighted by molar-refractivity contribution is -0.120. The molecule has 0 saturated carbocycles. The van der Waals surface area contributed by atoms with Gasteiger partial charge in [0.2, 0.25) is 5.91 Å². The van der Waals surface area contributed by atoms with Gasteiger partial charge in [-0.1, -0.05) is 6.92 Å². The molecular weight excluding hydrogens is 144 g/mol. The summed E-state index contributed by atoms with van der Waals surface area (Å²) in [6.07, 6.45) is 0. The second-order valence-corrected chi connectivity index (χ2v) is 2.72. The van der Waals surface area contributed by atoms with Gasteiger partial charge in [-0.25, -0.2) is 0 Å². The Hall–Kier alpha value is -0.610. The third-order valence-electron chi connectivity index (χ3n) is 1.72. The van der Waals surface area contributed by atoms with Crippen LogP contribution in [0.4, 0.5) is 0 Å². The van der Waals surface area contributed by atoms with E-state index in [4.69, 9.17) is 10.8 Å². The zero-order valence-corrected chi connectivity index (χ0v) is 7.00. The number of carbonyl (C=O) groups is 1. The lowest BCUT2D eigenvalue weighted by Gasteiger charge is -2.18. The van der Waals surface area contributed by atoms with Crippen LogP contribution in [0.2, 0.25) is 0 Å². The van der Waals surface area contributed by atoms with E-state index in [0.717, 1.165) is 0 Å². The number of nitrogens with two attached hydrogens (primary N) is 1. The Morgan fingerprint density at radius 2 is 2.18 bits per heavy atom. The van der Waals surface area contributed by atoms with E-state index in [0.29, 0.717) is 0 Å². The van der Waals surface area contributed by atoms with Crippen LogP contribution in [0.25, 0.3) is 0 Å². The molecule has 0 aliphatic heterocycles. The summed E-state index contributed by atoms with van der Waals surface area (Å²) < 4.78 is 0. The standard InChI is InChI=1S/C7H16N2O2/c1-5(4-10)6(2)9-7(11)3-8/h5-6,10H,3-4,8H2,1-2H3,(H,9,11). The highest BCUT2D eigenvalue weighted by Crippen LogP contribution is 1.99. The van der Waals surface area contributed by atoms with E-state index >= 15 is 0 Å². The fourth-order valence-corrected chi connectivity index (χ4v) is 0.613. The summed E-state index contributed by atoms with van der Waals surface area (Å²) in [5.41, 5.74) is 5.09. The van der Waals surface area contributed by atoms with E-state index in [9.17, 15) is 4.79 Å². The fraction of sp³-hybridized carbons (Fsp3) is 0.857. The summed E-state index contributed by atoms with van der Waals surface area (Å²) in [7, 11) is 0. The first-order valence-electron chi connectivity index (χ1n) is 3.72. The van der Waals surface area contributed by atoms with Crippen molar-refractivity contribution in [2.24, 2.45) is 11.7 Å². The average Bonchev–Trinajstić information content (AvgIpc) is 2.02. The second-order valence-electron chi connectivity index (χ2n) is 2.72. The second kappa shape index (κ2) is 5.09. The van der Waals surface area contributed by atoms with E-state index in [1.54, 1.807) is 0 Å². The van der Waals surface area contributed by atoms with Gasteiger partial charge in [-0.05, 0) is 12.8 Å². The quantitative estimate of drug-likeness (QED) is 0.498. The number of carbonyl (C=O) groups excluding carboxylic acids is 1. The van der Waals surface area contributed by atoms with Crippen LogP contribution < -0.4 is 11.1 Å². The number of hydrogen-bond donors (Lipinski definition) is 3. The predicted molar refractivity (Wildman–Crippen MR) is 42.9 cm³/mol. The Morgan fingerprint density at radius 1 is 1.64 bits per heavy atom. The minimum absolute atomic E-state index is 0.00247. The van der Waals surface area contributed by atoms with Gasteiger partial charge in [0.25, 0.3) is 0 Å². The molecule has 66 valence electrons. The molecule has 0 aromatic heterocycles. The first kappa shape index (κ1) is 10.4. The lowest BCUT2D eigenvalue weighted by Crippen LogP contribution is -2.41. The van der Waals surface area contributed by atoms with Crippen molar-refractivity contribution in [2.75, 3.05) is 13.2 Å². The number of aliphatic hydroxyl groups is 1. The van der Waals surface area contributed by atoms with Crippen molar-refractivity contribution in [3.8, 4) is 0 Å². The van der Waals surface area contributed by atoms with Crippen LogP contribution in [0.1, 0.15) is 13.8 Å². The van der Waals surface area contributed by atoms with Crippen molar-refractivity contribution in [1.29, 1.82) is 0 Å². The highest BCUT2D eigenvalue weighted by atomic mass is 16.3. The Labute approximate surface area is 66.8 Å². The van der Waals surface area contributed by atoms with Crippen LogP contribution in [0.15, 0.2) is 0 Å². The molecule has 4 nitrogen and oxygen atoms in total. The van der Waals surface area contributed by atoms with Crippen molar-refractivity contribution in [1.82, 2.24) is 5.32 Å². The fourth-order valence-electron chi connectivity index (χ4n) is 0.613. The molecule has 0 aliphatic carbocycles. The molecule has 0 spiro atoms. The van der Waals surface area contributed by atoms with Crippen LogP contribution in [0.3, 0.4) is 0 Å². The molecule has 0 heterocycles. The molecule has 0 rings (SSSR count). The summed E-state index contributed by atoms with van der Waals surface area (Å²) in [4.78, 5) is 10.7. The molecule has 2 unspecified atom stereocenters. The predicted octanol–water partition coefficient (Wildman–Crippen LogP) is -0.922. The maximum atomic E-state index is 10.7. The third kappa shape index (κ3) is 3.95. The Balaban J connectivity index is 3.67. The van der Waals surface area contributed by atoms with Crippen LogP contribution >= 0.6 is 0 Å². The highest BCUT2D eigenvalue weighted by Gasteiger charge is 2.12. The molecule has 4 heteroatoms. The SMILES string of the molecule is CC(CO)C(C)NC(=O)CN. The number of hydrogen-bond acceptors (Lipinski definition) is 3. The van der Waals surface area contributed by atoms with Gasteiger partial charge >= 0.3 is 0 Å². The molecule has 1 amide bonds. The van der Waals surface area contributed by atoms with Crippen molar-refractivity contribution in [3.63, 3.8) is 0 Å². The maximum absolute atomic E-state index is 10.7. The topological polar surface area (TPSA) is 75.3 Å². The zero-order chi connectivity index (χ0) is 8.85. The molecular formula is C7H16N2O2. The maximum Gasteiger partial charge on any atom is 0.233 e. The van der Waals surface area contributed by atoms with Gasteiger partial charge in [0.1, 0.15) is 0 Å². The van der Waals surface area contributed by atoms with E-state index in [1.165, 1.54) is 0 Å². The largest absolute Gasteiger partial charge is 0.396 e. The van der Waals surface area contributed by atoms with Crippen LogP contribution in [0.5, 0.6) is 0 Å². The van der Waals surface area contributed by atoms with Crippen molar-refractivity contribution >= 4 is 5.91 Å². The van der Waals surface area contributed by atoms with E-state index in [2.05, 4.69) is 5.32 Å². The minimum Gasteiger partial charge on any atom is -0.396 e. The highest BCUT2D eigenvalue weighted by molar-refractivity contribution is 5.78. The lowest BCUT2D eigenvalue weighted by atomic mass is 10.1. The third-order valence-corrected chi connectivity index (χ3v) is 1.72. The number of nitrogens with one attached hydrogen (secondary N) is 1. The van der Waals surface area contributed by atoms with Gasteiger partial charge in [0.15, 0.2) is 0 Å². The molecule has 2 atom stereocenters. The molecule has 0 saturated heterocycles. The van der Waals surface area contributed by atoms with Gasteiger partial charge in [-0.2, -0.15) is 0 Å². The molecule has 11 heavy (non-hydrogen) atoms. The van der Waals surface area contributed by atoms with Gasteiger partial charge in [-0.3, -0.25) is 4.79 Å².